The second kappa shape index (κ2) is 4.54. The van der Waals surface area contributed by atoms with Gasteiger partial charge in [-0.2, -0.15) is 0 Å². The van der Waals surface area contributed by atoms with E-state index < -0.39 is 0 Å². The number of aromatic hydroxyl groups is 1. The summed E-state index contributed by atoms with van der Waals surface area (Å²) in [6.45, 7) is 0. The molecule has 3 heteroatoms. The van der Waals surface area contributed by atoms with Crippen molar-refractivity contribution in [3.8, 4) is 5.75 Å². The Bertz CT molecular complexity index is 250. The van der Waals surface area contributed by atoms with Crippen LogP contribution in [0.1, 0.15) is 11.7 Å². The molecule has 0 aliphatic carbocycles. The van der Waals surface area contributed by atoms with E-state index in [4.69, 9.17) is 5.11 Å². The Morgan fingerprint density at radius 1 is 1.50 bits per heavy atom. The summed E-state index contributed by atoms with van der Waals surface area (Å²) in [7, 11) is 0. The fourth-order valence-corrected chi connectivity index (χ4v) is 2.35. The van der Waals surface area contributed by atoms with Crippen LogP contribution in [0.15, 0.2) is 24.3 Å². The third kappa shape index (κ3) is 2.54. The van der Waals surface area contributed by atoms with Gasteiger partial charge in [-0.1, -0.05) is 0 Å². The molecule has 1 rings (SSSR count). The Morgan fingerprint density at radius 2 is 2.25 bits per heavy atom. The summed E-state index contributed by atoms with van der Waals surface area (Å²) >= 11 is -0.0149. The summed E-state index contributed by atoms with van der Waals surface area (Å²) < 4.78 is 0. The fourth-order valence-electron chi connectivity index (χ4n) is 1.04. The second-order valence-corrected chi connectivity index (χ2v) is 5.01. The van der Waals surface area contributed by atoms with Gasteiger partial charge in [-0.25, -0.2) is 0 Å². The second-order valence-electron chi connectivity index (χ2n) is 2.67. The van der Waals surface area contributed by atoms with Crippen molar-refractivity contribution < 1.29 is 10.2 Å². The van der Waals surface area contributed by atoms with Gasteiger partial charge in [0.1, 0.15) is 0 Å². The molecule has 2 nitrogen and oxygen atoms in total. The number of phenolic OH excluding ortho intramolecular Hbond substituents is 1. The predicted molar refractivity (Wildman–Crippen MR) is 50.9 cm³/mol. The molecule has 0 spiro atoms. The van der Waals surface area contributed by atoms with E-state index >= 15 is 0 Å². The van der Waals surface area contributed by atoms with Crippen molar-refractivity contribution >= 4 is 15.8 Å². The number of phenols is 1. The Kier molecular flexibility index (Phi) is 3.64. The van der Waals surface area contributed by atoms with Crippen LogP contribution < -0.4 is 0 Å². The molecular weight excluding hydrogens is 215 g/mol. The van der Waals surface area contributed by atoms with Gasteiger partial charge >= 0.3 is 78.6 Å². The molecule has 2 atom stereocenters. The van der Waals surface area contributed by atoms with Crippen molar-refractivity contribution in [3.05, 3.63) is 29.8 Å². The average Bonchev–Trinajstić information content (AvgIpc) is 2.05. The molecule has 1 aromatic rings. The fraction of sp³-hybridized carbons (Fsp3) is 0.333. The standard InChI is InChI=1S/C9H13AsO2/c1-10-6-9(12)7-3-2-4-8(11)5-7/h2-5,9-12H,6H2,1H3/t9-/m0/s1. The summed E-state index contributed by atoms with van der Waals surface area (Å²) in [6.07, 6.45) is -0.387. The molecule has 0 radical (unpaired) electrons. The van der Waals surface area contributed by atoms with Crippen molar-refractivity contribution in [1.29, 1.82) is 0 Å². The van der Waals surface area contributed by atoms with Gasteiger partial charge in [0, 0.05) is 0 Å². The molecule has 0 bridgehead atoms. The van der Waals surface area contributed by atoms with Crippen LogP contribution in [0.3, 0.4) is 0 Å². The first-order valence-electron chi connectivity index (χ1n) is 3.85. The van der Waals surface area contributed by atoms with Gasteiger partial charge in [-0.15, -0.1) is 0 Å². The van der Waals surface area contributed by atoms with E-state index in [0.29, 0.717) is 0 Å². The Hall–Kier alpha value is -0.462. The van der Waals surface area contributed by atoms with Crippen molar-refractivity contribution in [1.82, 2.24) is 0 Å². The van der Waals surface area contributed by atoms with Crippen LogP contribution in [0.2, 0.25) is 10.9 Å². The number of aliphatic hydroxyl groups is 1. The third-order valence-electron chi connectivity index (χ3n) is 1.65. The number of hydrogen-bond acceptors (Lipinski definition) is 2. The van der Waals surface area contributed by atoms with E-state index in [1.165, 1.54) is 0 Å². The number of aliphatic hydroxyl groups excluding tert-OH is 1. The topological polar surface area (TPSA) is 40.5 Å². The average molecular weight is 228 g/mol. The molecule has 0 saturated carbocycles. The zero-order chi connectivity index (χ0) is 8.97. The summed E-state index contributed by atoms with van der Waals surface area (Å²) in [6, 6.07) is 6.82. The van der Waals surface area contributed by atoms with Gasteiger partial charge in [0.2, 0.25) is 0 Å². The molecule has 66 valence electrons. The van der Waals surface area contributed by atoms with Crippen LogP contribution in [-0.4, -0.2) is 26.0 Å². The monoisotopic (exact) mass is 228 g/mol. The van der Waals surface area contributed by atoms with Crippen molar-refractivity contribution in [3.63, 3.8) is 0 Å². The number of rotatable bonds is 3. The third-order valence-corrected chi connectivity index (χ3v) is 3.32. The van der Waals surface area contributed by atoms with Crippen LogP contribution >= 0.6 is 0 Å². The van der Waals surface area contributed by atoms with Gasteiger partial charge < -0.3 is 0 Å². The Morgan fingerprint density at radius 3 is 2.83 bits per heavy atom. The van der Waals surface area contributed by atoms with Crippen LogP contribution in [0.5, 0.6) is 5.75 Å². The van der Waals surface area contributed by atoms with E-state index in [2.05, 4.69) is 5.71 Å². The Balaban J connectivity index is 2.73. The van der Waals surface area contributed by atoms with E-state index in [0.717, 1.165) is 10.8 Å². The predicted octanol–water partition coefficient (Wildman–Crippen LogP) is 1.33. The molecule has 0 aromatic heterocycles. The summed E-state index contributed by atoms with van der Waals surface area (Å²) in [5.74, 6) is 0.225. The first kappa shape index (κ1) is 9.63. The number of hydrogen-bond donors (Lipinski definition) is 2. The van der Waals surface area contributed by atoms with Crippen molar-refractivity contribution in [2.45, 2.75) is 17.0 Å². The summed E-state index contributed by atoms with van der Waals surface area (Å²) in [5.41, 5.74) is 2.96. The van der Waals surface area contributed by atoms with Gasteiger partial charge in [-0.3, -0.25) is 0 Å². The number of benzene rings is 1. The molecule has 1 aromatic carbocycles. The van der Waals surface area contributed by atoms with E-state index in [9.17, 15) is 5.11 Å². The molecule has 12 heavy (non-hydrogen) atoms. The Labute approximate surface area is 78.9 Å². The first-order valence-corrected chi connectivity index (χ1v) is 7.44. The van der Waals surface area contributed by atoms with Crippen molar-refractivity contribution in [2.24, 2.45) is 0 Å². The molecule has 0 fully saturated rings. The van der Waals surface area contributed by atoms with Crippen LogP contribution in [0, 0.1) is 0 Å². The zero-order valence-corrected chi connectivity index (χ0v) is 9.09. The van der Waals surface area contributed by atoms with Crippen LogP contribution in [0.25, 0.3) is 0 Å². The van der Waals surface area contributed by atoms with Crippen LogP contribution in [0.4, 0.5) is 0 Å². The maximum absolute atomic E-state index is 9.57. The first-order chi connectivity index (χ1) is 5.74. The molecule has 2 N–H and O–H groups in total. The van der Waals surface area contributed by atoms with Crippen LogP contribution in [-0.2, 0) is 0 Å². The molecule has 0 aliphatic heterocycles. The van der Waals surface area contributed by atoms with E-state index in [1.807, 2.05) is 6.07 Å². The summed E-state index contributed by atoms with van der Waals surface area (Å²) in [4.78, 5) is 0. The SMILES string of the molecule is C[AsH]C[C@H](O)c1cccc(O)c1. The maximum atomic E-state index is 9.57. The molecule has 0 heterocycles. The minimum atomic E-state index is -0.387. The minimum absolute atomic E-state index is 0.0149. The quantitative estimate of drug-likeness (QED) is 0.766. The van der Waals surface area contributed by atoms with Crippen molar-refractivity contribution in [2.75, 3.05) is 0 Å². The molecule has 0 saturated heterocycles. The molecule has 0 amide bonds. The normalized spacial score (nSPS) is 13.8. The van der Waals surface area contributed by atoms with Gasteiger partial charge in [0.15, 0.2) is 0 Å². The van der Waals surface area contributed by atoms with E-state index in [1.54, 1.807) is 18.2 Å². The molecule has 0 aliphatic rings. The van der Waals surface area contributed by atoms with Gasteiger partial charge in [0.05, 0.1) is 0 Å². The molecular formula is C9H13AsO2. The van der Waals surface area contributed by atoms with E-state index in [-0.39, 0.29) is 27.6 Å². The zero-order valence-electron chi connectivity index (χ0n) is 6.99. The van der Waals surface area contributed by atoms with Gasteiger partial charge in [0.25, 0.3) is 0 Å². The summed E-state index contributed by atoms with van der Waals surface area (Å²) in [5, 5.41) is 19.6. The molecule has 1 unspecified atom stereocenters. The van der Waals surface area contributed by atoms with Gasteiger partial charge in [-0.05, 0) is 0 Å².